The molecule has 0 aromatic heterocycles. The molecule has 0 amide bonds. The molecule has 0 aromatic rings. The highest BCUT2D eigenvalue weighted by Crippen LogP contribution is 2.35. The van der Waals surface area contributed by atoms with Crippen LogP contribution in [-0.2, 0) is 9.63 Å². The van der Waals surface area contributed by atoms with Gasteiger partial charge in [-0.15, -0.1) is 16.8 Å². The number of hydrogen-bond donors (Lipinski definition) is 0. The van der Waals surface area contributed by atoms with Crippen LogP contribution in [0, 0.1) is 0 Å². The van der Waals surface area contributed by atoms with Crippen molar-refractivity contribution in [1.29, 1.82) is 0 Å². The molecule has 2 atom stereocenters. The Morgan fingerprint density at radius 3 is 3.30 bits per heavy atom. The predicted octanol–water partition coefficient (Wildman–Crippen LogP) is 0.264. The number of nitrogens with zero attached hydrogens (tertiary/aromatic N) is 1. The number of hydroxylamine groups is 2. The van der Waals surface area contributed by atoms with Crippen LogP contribution in [0.4, 0.5) is 0 Å². The molecule has 2 aliphatic rings. The minimum Gasteiger partial charge on any atom is -0.367 e. The molecule has 2 saturated heterocycles. The first kappa shape index (κ1) is 6.49. The minimum absolute atomic E-state index is 0.0602. The predicted molar refractivity (Wildman–Crippen MR) is 38.5 cm³/mol. The van der Waals surface area contributed by atoms with Gasteiger partial charge in [-0.3, -0.25) is 0 Å². The van der Waals surface area contributed by atoms with Crippen LogP contribution < -0.4 is 0 Å². The monoisotopic (exact) mass is 159 g/mol. The van der Waals surface area contributed by atoms with Gasteiger partial charge in [0.15, 0.2) is 0 Å². The van der Waals surface area contributed by atoms with Gasteiger partial charge in [0.05, 0.1) is 6.04 Å². The second-order valence-electron chi connectivity index (χ2n) is 2.60. The molecule has 0 radical (unpaired) electrons. The van der Waals surface area contributed by atoms with Gasteiger partial charge in [-0.2, -0.15) is 0 Å². The van der Waals surface area contributed by atoms with E-state index in [1.165, 1.54) is 0 Å². The normalized spacial score (nSPS) is 39.9. The van der Waals surface area contributed by atoms with Gasteiger partial charge < -0.3 is 4.84 Å². The Kier molecular flexibility index (Phi) is 1.38. The highest BCUT2D eigenvalue weighted by Gasteiger charge is 2.45. The molecule has 3 nitrogen and oxygen atoms in total. The number of rotatable bonds is 0. The molecule has 2 rings (SSSR count). The van der Waals surface area contributed by atoms with Gasteiger partial charge in [0, 0.05) is 7.05 Å². The van der Waals surface area contributed by atoms with Crippen molar-refractivity contribution < 1.29 is 9.63 Å². The molecule has 56 valence electrons. The fourth-order valence-electron chi connectivity index (χ4n) is 1.44. The van der Waals surface area contributed by atoms with E-state index in [1.807, 2.05) is 7.05 Å². The van der Waals surface area contributed by atoms with Gasteiger partial charge in [0.25, 0.3) is 0 Å². The van der Waals surface area contributed by atoms with Crippen molar-refractivity contribution in [2.45, 2.75) is 17.7 Å². The van der Waals surface area contributed by atoms with Crippen molar-refractivity contribution in [3.05, 3.63) is 0 Å². The first-order valence-electron chi connectivity index (χ1n) is 3.35. The Morgan fingerprint density at radius 1 is 1.80 bits per heavy atom. The summed E-state index contributed by atoms with van der Waals surface area (Å²) < 4.78 is 0. The molecule has 0 spiro atoms. The molecule has 2 heterocycles. The van der Waals surface area contributed by atoms with Crippen LogP contribution in [0.5, 0.6) is 0 Å². The molecule has 0 N–H and O–H groups in total. The maximum atomic E-state index is 11.0. The summed E-state index contributed by atoms with van der Waals surface area (Å²) in [6, 6.07) is 0.345. The van der Waals surface area contributed by atoms with Crippen LogP contribution in [-0.4, -0.2) is 35.1 Å². The molecule has 2 unspecified atom stereocenters. The number of carbonyl (C=O) groups is 1. The molecular formula is C6H9NO2S. The van der Waals surface area contributed by atoms with Crippen LogP contribution in [0.25, 0.3) is 0 Å². The SMILES string of the molecule is CN1OC(=O)C2SCCC21. The fraction of sp³-hybridized carbons (Fsp3) is 0.833. The fourth-order valence-corrected chi connectivity index (χ4v) is 2.78. The van der Waals surface area contributed by atoms with Crippen molar-refractivity contribution in [2.75, 3.05) is 12.8 Å². The van der Waals surface area contributed by atoms with Gasteiger partial charge >= 0.3 is 5.97 Å². The summed E-state index contributed by atoms with van der Waals surface area (Å²) in [5.41, 5.74) is 0. The lowest BCUT2D eigenvalue weighted by Crippen LogP contribution is -2.26. The summed E-state index contributed by atoms with van der Waals surface area (Å²) in [6.07, 6.45) is 1.08. The van der Waals surface area contributed by atoms with E-state index in [1.54, 1.807) is 16.8 Å². The lowest BCUT2D eigenvalue weighted by molar-refractivity contribution is -0.168. The first-order chi connectivity index (χ1) is 4.79. The van der Waals surface area contributed by atoms with Crippen LogP contribution >= 0.6 is 11.8 Å². The molecule has 0 aromatic carbocycles. The number of thioether (sulfide) groups is 1. The zero-order valence-corrected chi connectivity index (χ0v) is 6.56. The van der Waals surface area contributed by atoms with Crippen molar-refractivity contribution in [3.63, 3.8) is 0 Å². The summed E-state index contributed by atoms with van der Waals surface area (Å²) in [5.74, 6) is 1.03. The summed E-state index contributed by atoms with van der Waals surface area (Å²) in [4.78, 5) is 15.9. The van der Waals surface area contributed by atoms with Gasteiger partial charge in [-0.25, -0.2) is 4.79 Å². The number of fused-ring (bicyclic) bond motifs is 1. The van der Waals surface area contributed by atoms with Crippen molar-refractivity contribution >= 4 is 17.7 Å². The topological polar surface area (TPSA) is 29.5 Å². The Labute approximate surface area is 63.7 Å². The quantitative estimate of drug-likeness (QED) is 0.507. The van der Waals surface area contributed by atoms with E-state index >= 15 is 0 Å². The van der Waals surface area contributed by atoms with Crippen LogP contribution in [0.2, 0.25) is 0 Å². The zero-order chi connectivity index (χ0) is 7.14. The molecular weight excluding hydrogens is 150 g/mol. The third kappa shape index (κ3) is 0.754. The Hall–Kier alpha value is -0.220. The third-order valence-corrected chi connectivity index (χ3v) is 3.33. The average molecular weight is 159 g/mol. The Bertz CT molecular complexity index is 173. The lowest BCUT2D eigenvalue weighted by atomic mass is 10.2. The van der Waals surface area contributed by atoms with E-state index in [0.717, 1.165) is 12.2 Å². The van der Waals surface area contributed by atoms with Crippen molar-refractivity contribution in [3.8, 4) is 0 Å². The van der Waals surface area contributed by atoms with E-state index in [-0.39, 0.29) is 11.2 Å². The Balaban J connectivity index is 2.19. The minimum atomic E-state index is -0.0602. The summed E-state index contributed by atoms with van der Waals surface area (Å²) in [5, 5.41) is 1.79. The van der Waals surface area contributed by atoms with Crippen LogP contribution in [0.1, 0.15) is 6.42 Å². The highest BCUT2D eigenvalue weighted by molar-refractivity contribution is 8.00. The molecule has 4 heteroatoms. The molecule has 10 heavy (non-hydrogen) atoms. The van der Waals surface area contributed by atoms with E-state index in [9.17, 15) is 4.79 Å². The van der Waals surface area contributed by atoms with Crippen LogP contribution in [0.15, 0.2) is 0 Å². The highest BCUT2D eigenvalue weighted by atomic mass is 32.2. The Morgan fingerprint density at radius 2 is 2.60 bits per heavy atom. The maximum Gasteiger partial charge on any atom is 0.339 e. The van der Waals surface area contributed by atoms with Gasteiger partial charge in [0.2, 0.25) is 0 Å². The van der Waals surface area contributed by atoms with Crippen LogP contribution in [0.3, 0.4) is 0 Å². The van der Waals surface area contributed by atoms with Crippen molar-refractivity contribution in [2.24, 2.45) is 0 Å². The van der Waals surface area contributed by atoms with E-state index in [0.29, 0.717) is 6.04 Å². The smallest absolute Gasteiger partial charge is 0.339 e. The van der Waals surface area contributed by atoms with E-state index in [2.05, 4.69) is 0 Å². The summed E-state index contributed by atoms with van der Waals surface area (Å²) >= 11 is 1.71. The lowest BCUT2D eigenvalue weighted by Gasteiger charge is -2.11. The second-order valence-corrected chi connectivity index (χ2v) is 3.85. The standard InChI is InChI=1S/C6H9NO2S/c1-7-4-2-3-10-5(4)6(8)9-7/h4-5H,2-3H2,1H3. The first-order valence-corrected chi connectivity index (χ1v) is 4.40. The van der Waals surface area contributed by atoms with Gasteiger partial charge in [0.1, 0.15) is 5.25 Å². The average Bonchev–Trinajstić information content (AvgIpc) is 2.39. The third-order valence-electron chi connectivity index (χ3n) is 1.99. The molecule has 0 bridgehead atoms. The zero-order valence-electron chi connectivity index (χ0n) is 5.74. The maximum absolute atomic E-state index is 11.0. The second kappa shape index (κ2) is 2.13. The molecule has 2 aliphatic heterocycles. The molecule has 0 saturated carbocycles. The molecule has 0 aliphatic carbocycles. The van der Waals surface area contributed by atoms with E-state index < -0.39 is 0 Å². The summed E-state index contributed by atoms with van der Waals surface area (Å²) in [6.45, 7) is 0. The largest absolute Gasteiger partial charge is 0.367 e. The summed E-state index contributed by atoms with van der Waals surface area (Å²) in [7, 11) is 1.83. The van der Waals surface area contributed by atoms with Crippen molar-refractivity contribution in [1.82, 2.24) is 5.06 Å². The number of hydrogen-bond acceptors (Lipinski definition) is 4. The number of carbonyl (C=O) groups excluding carboxylic acids is 1. The van der Waals surface area contributed by atoms with E-state index in [4.69, 9.17) is 4.84 Å². The molecule has 2 fully saturated rings. The van der Waals surface area contributed by atoms with Gasteiger partial charge in [-0.1, -0.05) is 0 Å². The van der Waals surface area contributed by atoms with Gasteiger partial charge in [-0.05, 0) is 12.2 Å².